The molecule has 0 unspecified atom stereocenters. The minimum absolute atomic E-state index is 0.0660. The number of rotatable bonds is 7. The van der Waals surface area contributed by atoms with Gasteiger partial charge in [-0.1, -0.05) is 31.3 Å². The molecule has 1 aliphatic carbocycles. The second kappa shape index (κ2) is 6.97. The largest absolute Gasteiger partial charge is 0.292 e. The molecule has 0 atom stereocenters. The first-order chi connectivity index (χ1) is 12.1. The van der Waals surface area contributed by atoms with Gasteiger partial charge in [0, 0.05) is 36.5 Å². The Morgan fingerprint density at radius 2 is 2.20 bits per heavy atom. The maximum absolute atomic E-state index is 12.4. The van der Waals surface area contributed by atoms with Crippen LogP contribution in [0.5, 0.6) is 0 Å². The summed E-state index contributed by atoms with van der Waals surface area (Å²) in [6.45, 7) is 7.01. The molecule has 3 heterocycles. The van der Waals surface area contributed by atoms with Crippen LogP contribution in [-0.2, 0) is 13.1 Å². The Morgan fingerprint density at radius 1 is 1.36 bits per heavy atom. The fraction of sp³-hybridized carbons (Fsp3) is 0.500. The first-order valence-electron chi connectivity index (χ1n) is 8.73. The first kappa shape index (κ1) is 16.9. The highest BCUT2D eigenvalue weighted by Crippen LogP contribution is 2.41. The normalized spacial score (nSPS) is 14.9. The molecule has 0 saturated heterocycles. The summed E-state index contributed by atoms with van der Waals surface area (Å²) in [6.07, 6.45) is 2.37. The fourth-order valence-electron chi connectivity index (χ4n) is 3.00. The van der Waals surface area contributed by atoms with Crippen LogP contribution in [0.3, 0.4) is 0 Å². The molecule has 132 valence electrons. The van der Waals surface area contributed by atoms with Crippen LogP contribution in [0, 0.1) is 5.92 Å². The number of aromatic nitrogens is 3. The topological polar surface area (TPSA) is 50.5 Å². The average Bonchev–Trinajstić information content (AvgIpc) is 3.09. The molecule has 0 radical (unpaired) electrons. The molecule has 0 amide bonds. The Bertz CT molecular complexity index is 909. The Hall–Kier alpha value is -1.57. The molecular formula is C18H22N4OS2. The first-order valence-corrected chi connectivity index (χ1v) is 10.4. The highest BCUT2D eigenvalue weighted by atomic mass is 32.1. The predicted octanol–water partition coefficient (Wildman–Crippen LogP) is 3.75. The quantitative estimate of drug-likeness (QED) is 0.632. The van der Waals surface area contributed by atoms with Gasteiger partial charge in [-0.2, -0.15) is 9.61 Å². The fourth-order valence-corrected chi connectivity index (χ4v) is 4.84. The van der Waals surface area contributed by atoms with Crippen molar-refractivity contribution in [3.63, 3.8) is 0 Å². The number of hydrogen-bond donors (Lipinski definition) is 0. The highest BCUT2D eigenvalue weighted by molar-refractivity contribution is 7.16. The zero-order valence-corrected chi connectivity index (χ0v) is 16.1. The van der Waals surface area contributed by atoms with Gasteiger partial charge in [-0.3, -0.25) is 9.69 Å². The standard InChI is InChI=1S/C18H22N4OS2/c1-12(2)9-21(11-15-4-3-7-24-15)10-14-8-16(23)22-18(19-14)25-17(20-22)13-5-6-13/h3-4,7-8,12-13H,5-6,9-11H2,1-2H3. The van der Waals surface area contributed by atoms with Crippen molar-refractivity contribution in [1.29, 1.82) is 0 Å². The van der Waals surface area contributed by atoms with E-state index >= 15 is 0 Å². The van der Waals surface area contributed by atoms with E-state index in [1.54, 1.807) is 28.7 Å². The van der Waals surface area contributed by atoms with Crippen LogP contribution >= 0.6 is 22.7 Å². The van der Waals surface area contributed by atoms with Gasteiger partial charge in [0.1, 0.15) is 5.01 Å². The second-order valence-electron chi connectivity index (χ2n) is 7.14. The van der Waals surface area contributed by atoms with E-state index in [0.29, 0.717) is 18.4 Å². The van der Waals surface area contributed by atoms with Crippen LogP contribution in [0.1, 0.15) is 48.2 Å². The van der Waals surface area contributed by atoms with Gasteiger partial charge in [-0.15, -0.1) is 11.3 Å². The average molecular weight is 375 g/mol. The zero-order chi connectivity index (χ0) is 17.4. The van der Waals surface area contributed by atoms with Crippen LogP contribution in [0.4, 0.5) is 0 Å². The molecular weight excluding hydrogens is 352 g/mol. The summed E-state index contributed by atoms with van der Waals surface area (Å²) in [5, 5.41) is 7.61. The van der Waals surface area contributed by atoms with Gasteiger partial charge in [0.25, 0.3) is 5.56 Å². The van der Waals surface area contributed by atoms with Crippen molar-refractivity contribution in [1.82, 2.24) is 19.5 Å². The summed E-state index contributed by atoms with van der Waals surface area (Å²) in [5.74, 6) is 1.11. The van der Waals surface area contributed by atoms with Crippen LogP contribution in [0.15, 0.2) is 28.4 Å². The summed E-state index contributed by atoms with van der Waals surface area (Å²) in [7, 11) is 0. The van der Waals surface area contributed by atoms with Crippen molar-refractivity contribution >= 4 is 27.6 Å². The van der Waals surface area contributed by atoms with Crippen LogP contribution in [0.25, 0.3) is 4.96 Å². The smallest absolute Gasteiger partial charge is 0.275 e. The van der Waals surface area contributed by atoms with Gasteiger partial charge < -0.3 is 0 Å². The molecule has 3 aromatic rings. The van der Waals surface area contributed by atoms with Gasteiger partial charge >= 0.3 is 0 Å². The van der Waals surface area contributed by atoms with Gasteiger partial charge in [0.05, 0.1) is 5.69 Å². The van der Waals surface area contributed by atoms with Crippen molar-refractivity contribution < 1.29 is 0 Å². The maximum Gasteiger partial charge on any atom is 0.275 e. The SMILES string of the molecule is CC(C)CN(Cc1cc(=O)n2nc(C3CC3)sc2n1)Cc1cccs1. The van der Waals surface area contributed by atoms with E-state index in [2.05, 4.69) is 41.4 Å². The zero-order valence-electron chi connectivity index (χ0n) is 14.5. The number of nitrogens with zero attached hydrogens (tertiary/aromatic N) is 4. The Balaban J connectivity index is 1.59. The van der Waals surface area contributed by atoms with E-state index < -0.39 is 0 Å². The molecule has 1 aliphatic rings. The van der Waals surface area contributed by atoms with E-state index in [-0.39, 0.29) is 5.56 Å². The van der Waals surface area contributed by atoms with Crippen LogP contribution in [0.2, 0.25) is 0 Å². The van der Waals surface area contributed by atoms with Gasteiger partial charge in [0.15, 0.2) is 0 Å². The van der Waals surface area contributed by atoms with E-state index in [0.717, 1.165) is 28.8 Å². The number of thiophene rings is 1. The van der Waals surface area contributed by atoms with E-state index in [9.17, 15) is 4.79 Å². The maximum atomic E-state index is 12.4. The van der Waals surface area contributed by atoms with Crippen molar-refractivity contribution in [2.45, 2.75) is 45.7 Å². The summed E-state index contributed by atoms with van der Waals surface area (Å²) in [5.41, 5.74) is 0.775. The van der Waals surface area contributed by atoms with Crippen LogP contribution in [-0.4, -0.2) is 26.0 Å². The minimum atomic E-state index is -0.0660. The molecule has 0 aliphatic heterocycles. The van der Waals surface area contributed by atoms with Crippen LogP contribution < -0.4 is 5.56 Å². The van der Waals surface area contributed by atoms with Crippen molar-refractivity contribution in [2.24, 2.45) is 5.92 Å². The van der Waals surface area contributed by atoms with E-state index in [4.69, 9.17) is 4.98 Å². The van der Waals surface area contributed by atoms with E-state index in [1.807, 2.05) is 0 Å². The molecule has 4 rings (SSSR count). The van der Waals surface area contributed by atoms with Gasteiger partial charge in [0.2, 0.25) is 4.96 Å². The lowest BCUT2D eigenvalue weighted by atomic mass is 10.2. The molecule has 0 aromatic carbocycles. The lowest BCUT2D eigenvalue weighted by molar-refractivity contribution is 0.227. The van der Waals surface area contributed by atoms with Gasteiger partial charge in [-0.25, -0.2) is 4.98 Å². The number of fused-ring (bicyclic) bond motifs is 1. The Labute approximate surface area is 155 Å². The molecule has 3 aromatic heterocycles. The third kappa shape index (κ3) is 3.99. The third-order valence-corrected chi connectivity index (χ3v) is 6.14. The monoisotopic (exact) mass is 374 g/mol. The summed E-state index contributed by atoms with van der Waals surface area (Å²) in [4.78, 5) is 21.6. The lowest BCUT2D eigenvalue weighted by Gasteiger charge is -2.23. The van der Waals surface area contributed by atoms with Crippen molar-refractivity contribution in [3.05, 3.63) is 49.5 Å². The summed E-state index contributed by atoms with van der Waals surface area (Å²) >= 11 is 3.34. The summed E-state index contributed by atoms with van der Waals surface area (Å²) in [6, 6.07) is 5.89. The molecule has 0 N–H and O–H groups in total. The van der Waals surface area contributed by atoms with Gasteiger partial charge in [-0.05, 0) is 30.2 Å². The predicted molar refractivity (Wildman–Crippen MR) is 102 cm³/mol. The van der Waals surface area contributed by atoms with Crippen molar-refractivity contribution in [2.75, 3.05) is 6.54 Å². The molecule has 1 fully saturated rings. The lowest BCUT2D eigenvalue weighted by Crippen LogP contribution is -2.28. The molecule has 1 saturated carbocycles. The molecule has 7 heteroatoms. The van der Waals surface area contributed by atoms with E-state index in [1.165, 1.54) is 22.2 Å². The highest BCUT2D eigenvalue weighted by Gasteiger charge is 2.28. The van der Waals surface area contributed by atoms with Crippen molar-refractivity contribution in [3.8, 4) is 0 Å². The molecule has 5 nitrogen and oxygen atoms in total. The second-order valence-corrected chi connectivity index (χ2v) is 9.16. The Kier molecular flexibility index (Phi) is 4.71. The molecule has 25 heavy (non-hydrogen) atoms. The third-order valence-electron chi connectivity index (χ3n) is 4.21. The molecule has 0 spiro atoms. The minimum Gasteiger partial charge on any atom is -0.292 e. The Morgan fingerprint density at radius 3 is 2.88 bits per heavy atom. The number of hydrogen-bond acceptors (Lipinski definition) is 6. The molecule has 0 bridgehead atoms. The summed E-state index contributed by atoms with van der Waals surface area (Å²) < 4.78 is 1.47.